The van der Waals surface area contributed by atoms with Gasteiger partial charge >= 0.3 is 0 Å². The Labute approximate surface area is 216 Å². The number of aromatic nitrogens is 1. The maximum atomic E-state index is 12.9. The van der Waals surface area contributed by atoms with Crippen molar-refractivity contribution in [3.05, 3.63) is 58.9 Å². The van der Waals surface area contributed by atoms with Crippen molar-refractivity contribution in [3.8, 4) is 0 Å². The van der Waals surface area contributed by atoms with Crippen LogP contribution in [0.5, 0.6) is 0 Å². The molecule has 0 bridgehead atoms. The summed E-state index contributed by atoms with van der Waals surface area (Å²) in [5.74, 6) is 1.20. The summed E-state index contributed by atoms with van der Waals surface area (Å²) in [7, 11) is -3.51. The molecule has 1 unspecified atom stereocenters. The third-order valence-corrected chi connectivity index (χ3v) is 10.3. The van der Waals surface area contributed by atoms with Crippen molar-refractivity contribution in [1.82, 2.24) is 14.6 Å². The number of hydrogen-bond acceptors (Lipinski definition) is 5. The van der Waals surface area contributed by atoms with Crippen LogP contribution < -0.4 is 5.32 Å². The summed E-state index contributed by atoms with van der Waals surface area (Å²) >= 11 is 6.06. The van der Waals surface area contributed by atoms with Gasteiger partial charge in [-0.25, -0.2) is 13.4 Å². The highest BCUT2D eigenvalue weighted by molar-refractivity contribution is 7.89. The Morgan fingerprint density at radius 1 is 1.17 bits per heavy atom. The Hall–Kier alpha value is -2.42. The molecule has 1 saturated heterocycles. The number of nitrogens with zero attached hydrogens (tertiary/aromatic N) is 2. The topological polar surface area (TPSA) is 92.5 Å². The number of sulfonamides is 1. The zero-order chi connectivity index (χ0) is 25.1. The van der Waals surface area contributed by atoms with Crippen LogP contribution in [0.15, 0.2) is 51.8 Å². The van der Waals surface area contributed by atoms with Crippen molar-refractivity contribution >= 4 is 38.6 Å². The molecular formula is C27H30ClN3O4S. The second-order valence-corrected chi connectivity index (χ2v) is 13.4. The summed E-state index contributed by atoms with van der Waals surface area (Å²) in [5, 5.41) is 3.84. The van der Waals surface area contributed by atoms with Gasteiger partial charge in [0, 0.05) is 36.5 Å². The number of amides is 1. The predicted octanol–water partition coefficient (Wildman–Crippen LogP) is 5.03. The van der Waals surface area contributed by atoms with Crippen molar-refractivity contribution in [2.24, 2.45) is 11.3 Å². The van der Waals surface area contributed by atoms with E-state index in [4.69, 9.17) is 16.0 Å². The van der Waals surface area contributed by atoms with E-state index in [1.165, 1.54) is 4.31 Å². The molecule has 2 saturated carbocycles. The number of benzene rings is 2. The van der Waals surface area contributed by atoms with Gasteiger partial charge in [-0.05, 0) is 80.7 Å². The van der Waals surface area contributed by atoms with E-state index in [9.17, 15) is 13.2 Å². The third-order valence-electron chi connectivity index (χ3n) is 8.18. The van der Waals surface area contributed by atoms with Gasteiger partial charge in [-0.2, -0.15) is 4.31 Å². The summed E-state index contributed by atoms with van der Waals surface area (Å²) in [6.07, 6.45) is 5.13. The van der Waals surface area contributed by atoms with Gasteiger partial charge in [-0.3, -0.25) is 4.79 Å². The number of fused-ring (bicyclic) bond motifs is 1. The van der Waals surface area contributed by atoms with Crippen molar-refractivity contribution < 1.29 is 17.6 Å². The quantitative estimate of drug-likeness (QED) is 0.485. The van der Waals surface area contributed by atoms with Gasteiger partial charge in [0.15, 0.2) is 11.5 Å². The van der Waals surface area contributed by atoms with Crippen LogP contribution in [-0.2, 0) is 14.8 Å². The minimum Gasteiger partial charge on any atom is -0.440 e. The minimum atomic E-state index is -3.51. The van der Waals surface area contributed by atoms with Crippen LogP contribution in [0.2, 0.25) is 5.02 Å². The Kier molecular flexibility index (Phi) is 5.89. The second kappa shape index (κ2) is 8.85. The number of hydrogen-bond donors (Lipinski definition) is 1. The van der Waals surface area contributed by atoms with E-state index in [2.05, 4.69) is 10.3 Å². The van der Waals surface area contributed by atoms with E-state index >= 15 is 0 Å². The Balaban J connectivity index is 0.960. The molecule has 1 aromatic heterocycles. The lowest BCUT2D eigenvalue weighted by atomic mass is 9.50. The second-order valence-electron chi connectivity index (χ2n) is 11.0. The lowest BCUT2D eigenvalue weighted by Crippen LogP contribution is -2.55. The molecule has 0 radical (unpaired) electrons. The largest absolute Gasteiger partial charge is 0.440 e. The van der Waals surface area contributed by atoms with Gasteiger partial charge in [-0.1, -0.05) is 29.3 Å². The monoisotopic (exact) mass is 527 g/mol. The summed E-state index contributed by atoms with van der Waals surface area (Å²) in [4.78, 5) is 17.6. The van der Waals surface area contributed by atoms with Gasteiger partial charge in [0.2, 0.25) is 15.9 Å². The van der Waals surface area contributed by atoms with Gasteiger partial charge in [0.1, 0.15) is 5.52 Å². The molecule has 2 heterocycles. The van der Waals surface area contributed by atoms with Crippen molar-refractivity contribution in [3.63, 3.8) is 0 Å². The first-order chi connectivity index (χ1) is 17.2. The fraction of sp³-hybridized carbons (Fsp3) is 0.481. The first-order valence-electron chi connectivity index (χ1n) is 12.6. The van der Waals surface area contributed by atoms with E-state index < -0.39 is 10.0 Å². The SMILES string of the molecule is Cc1ccc(S(=O)(=O)N2CCC(CC(=O)NC3CC4(C3)CC(c3nc5cc(Cl)ccc5o3)C4)C2)cc1. The number of nitrogens with one attached hydrogen (secondary N) is 1. The van der Waals surface area contributed by atoms with E-state index in [0.29, 0.717) is 41.8 Å². The molecule has 190 valence electrons. The third kappa shape index (κ3) is 4.44. The summed E-state index contributed by atoms with van der Waals surface area (Å²) in [6.45, 7) is 2.79. The molecule has 6 rings (SSSR count). The maximum Gasteiger partial charge on any atom is 0.243 e. The maximum absolute atomic E-state index is 12.9. The van der Waals surface area contributed by atoms with Crippen LogP contribution in [0.4, 0.5) is 0 Å². The van der Waals surface area contributed by atoms with Crippen LogP contribution >= 0.6 is 11.6 Å². The molecule has 1 atom stereocenters. The lowest BCUT2D eigenvalue weighted by molar-refractivity contribution is -0.125. The number of oxazole rings is 1. The summed E-state index contributed by atoms with van der Waals surface area (Å²) in [5.41, 5.74) is 2.88. The normalized spacial score (nSPS) is 28.2. The Bertz CT molecular complexity index is 1400. The molecule has 1 aliphatic heterocycles. The van der Waals surface area contributed by atoms with E-state index in [1.54, 1.807) is 12.1 Å². The zero-order valence-corrected chi connectivity index (χ0v) is 21.8. The fourth-order valence-corrected chi connectivity index (χ4v) is 7.96. The van der Waals surface area contributed by atoms with Gasteiger partial charge < -0.3 is 9.73 Å². The van der Waals surface area contributed by atoms with E-state index in [-0.39, 0.29) is 23.3 Å². The van der Waals surface area contributed by atoms with Crippen LogP contribution in [0, 0.1) is 18.3 Å². The molecule has 36 heavy (non-hydrogen) atoms. The number of aryl methyl sites for hydroxylation is 1. The molecule has 3 fully saturated rings. The first-order valence-corrected chi connectivity index (χ1v) is 14.4. The van der Waals surface area contributed by atoms with Gasteiger partial charge in [0.25, 0.3) is 0 Å². The molecular weight excluding hydrogens is 498 g/mol. The average Bonchev–Trinajstić information content (AvgIpc) is 3.41. The van der Waals surface area contributed by atoms with E-state index in [0.717, 1.165) is 48.2 Å². The van der Waals surface area contributed by atoms with E-state index in [1.807, 2.05) is 37.3 Å². The molecule has 3 aliphatic rings. The standard InChI is InChI=1S/C27H30ClN3O4S/c1-17-2-5-22(6-3-17)36(33,34)31-9-8-18(16-31)10-25(32)29-21-14-27(15-21)12-19(13-27)26-30-23-11-20(28)4-7-24(23)35-26/h2-7,11,18-19,21H,8-10,12-16H2,1H3,(H,29,32). The molecule has 2 aliphatic carbocycles. The smallest absolute Gasteiger partial charge is 0.243 e. The van der Waals surface area contributed by atoms with Crippen LogP contribution in [0.3, 0.4) is 0 Å². The van der Waals surface area contributed by atoms with Crippen molar-refractivity contribution in [1.29, 1.82) is 0 Å². The first kappa shape index (κ1) is 23.9. The summed E-state index contributed by atoms with van der Waals surface area (Å²) in [6, 6.07) is 12.6. The molecule has 3 aromatic rings. The molecule has 2 aromatic carbocycles. The zero-order valence-electron chi connectivity index (χ0n) is 20.2. The fourth-order valence-electron chi connectivity index (χ4n) is 6.26. The Morgan fingerprint density at radius 2 is 1.92 bits per heavy atom. The Morgan fingerprint density at radius 3 is 2.67 bits per heavy atom. The van der Waals surface area contributed by atoms with Crippen molar-refractivity contribution in [2.75, 3.05) is 13.1 Å². The lowest BCUT2D eigenvalue weighted by Gasteiger charge is -2.57. The van der Waals surface area contributed by atoms with Gasteiger partial charge in [0.05, 0.1) is 4.90 Å². The number of carbonyl (C=O) groups is 1. The number of rotatable bonds is 6. The highest BCUT2D eigenvalue weighted by Crippen LogP contribution is 2.61. The van der Waals surface area contributed by atoms with Crippen LogP contribution in [0.1, 0.15) is 55.9 Å². The van der Waals surface area contributed by atoms with Gasteiger partial charge in [-0.15, -0.1) is 0 Å². The highest BCUT2D eigenvalue weighted by Gasteiger charge is 2.54. The predicted molar refractivity (Wildman–Crippen MR) is 137 cm³/mol. The van der Waals surface area contributed by atoms with Crippen LogP contribution in [-0.4, -0.2) is 42.7 Å². The molecule has 1 spiro atoms. The molecule has 1 amide bonds. The molecule has 7 nitrogen and oxygen atoms in total. The number of halogens is 1. The number of carbonyl (C=O) groups excluding carboxylic acids is 1. The molecule has 9 heteroatoms. The summed E-state index contributed by atoms with van der Waals surface area (Å²) < 4.78 is 33.3. The minimum absolute atomic E-state index is 0.0288. The van der Waals surface area contributed by atoms with Crippen LogP contribution in [0.25, 0.3) is 11.1 Å². The highest BCUT2D eigenvalue weighted by atomic mass is 35.5. The average molecular weight is 528 g/mol. The molecule has 1 N–H and O–H groups in total. The van der Waals surface area contributed by atoms with Crippen molar-refractivity contribution in [2.45, 2.75) is 62.3 Å².